The van der Waals surface area contributed by atoms with Crippen molar-refractivity contribution in [3.05, 3.63) is 66.5 Å². The Morgan fingerprint density at radius 1 is 1.10 bits per heavy atom. The number of ether oxygens (including phenoxy) is 1. The van der Waals surface area contributed by atoms with Crippen LogP contribution in [0.2, 0.25) is 0 Å². The molecule has 0 spiro atoms. The summed E-state index contributed by atoms with van der Waals surface area (Å²) in [6.07, 6.45) is 1.69. The summed E-state index contributed by atoms with van der Waals surface area (Å²) in [5, 5.41) is 13.7. The van der Waals surface area contributed by atoms with Crippen molar-refractivity contribution >= 4 is 23.3 Å². The molecule has 1 heterocycles. The first kappa shape index (κ1) is 20.0. The smallest absolute Gasteiger partial charge is 0.331 e. The fraction of sp³-hybridized carbons (Fsp3) is 0.250. The van der Waals surface area contributed by atoms with Crippen molar-refractivity contribution in [3.8, 4) is 0 Å². The van der Waals surface area contributed by atoms with Crippen LogP contribution in [0.3, 0.4) is 0 Å². The second kappa shape index (κ2) is 9.45. The van der Waals surface area contributed by atoms with E-state index in [1.54, 1.807) is 12.1 Å². The van der Waals surface area contributed by atoms with E-state index in [-0.39, 0.29) is 0 Å². The standard InChI is InChI=1S/C20H22N6O3/c1-25(2)17-10-8-16(9-11-17)22-19(27)13-29-20(28)18(26-14-21-23-24-26)12-15-6-4-3-5-7-15/h3-11,14,18H,12-13H2,1-2H3,(H,22,27)/t18-/m0/s1. The molecule has 0 radical (unpaired) electrons. The number of carbonyl (C=O) groups excluding carboxylic acids is 2. The van der Waals surface area contributed by atoms with Crippen LogP contribution in [0.25, 0.3) is 0 Å². The molecule has 1 amide bonds. The van der Waals surface area contributed by atoms with Crippen LogP contribution >= 0.6 is 0 Å². The van der Waals surface area contributed by atoms with Crippen molar-refractivity contribution < 1.29 is 14.3 Å². The second-order valence-electron chi connectivity index (χ2n) is 6.59. The normalized spacial score (nSPS) is 11.5. The van der Waals surface area contributed by atoms with Crippen molar-refractivity contribution in [1.82, 2.24) is 20.2 Å². The number of benzene rings is 2. The minimum atomic E-state index is -0.764. The minimum Gasteiger partial charge on any atom is -0.454 e. The second-order valence-corrected chi connectivity index (χ2v) is 6.59. The Balaban J connectivity index is 1.58. The van der Waals surface area contributed by atoms with Gasteiger partial charge in [-0.25, -0.2) is 9.48 Å². The zero-order valence-electron chi connectivity index (χ0n) is 16.2. The van der Waals surface area contributed by atoms with Gasteiger partial charge in [-0.05, 0) is 40.3 Å². The summed E-state index contributed by atoms with van der Waals surface area (Å²) >= 11 is 0. The van der Waals surface area contributed by atoms with Crippen molar-refractivity contribution in [2.75, 3.05) is 30.9 Å². The van der Waals surface area contributed by atoms with E-state index in [2.05, 4.69) is 20.8 Å². The molecule has 0 unspecified atom stereocenters. The van der Waals surface area contributed by atoms with Crippen LogP contribution in [0.5, 0.6) is 0 Å². The van der Waals surface area contributed by atoms with Gasteiger partial charge < -0.3 is 15.0 Å². The van der Waals surface area contributed by atoms with E-state index < -0.39 is 24.5 Å². The third-order valence-corrected chi connectivity index (χ3v) is 4.24. The van der Waals surface area contributed by atoms with Gasteiger partial charge in [0.15, 0.2) is 12.6 Å². The summed E-state index contributed by atoms with van der Waals surface area (Å²) < 4.78 is 6.55. The van der Waals surface area contributed by atoms with Crippen LogP contribution in [-0.2, 0) is 20.7 Å². The molecule has 1 atom stereocenters. The summed E-state index contributed by atoms with van der Waals surface area (Å²) in [5.74, 6) is -1.01. The highest BCUT2D eigenvalue weighted by molar-refractivity contribution is 5.93. The first-order valence-electron chi connectivity index (χ1n) is 9.03. The lowest BCUT2D eigenvalue weighted by Gasteiger charge is -2.16. The van der Waals surface area contributed by atoms with Gasteiger partial charge in [0.05, 0.1) is 0 Å². The van der Waals surface area contributed by atoms with Crippen molar-refractivity contribution in [3.63, 3.8) is 0 Å². The number of hydrogen-bond donors (Lipinski definition) is 1. The van der Waals surface area contributed by atoms with Gasteiger partial charge in [0.1, 0.15) is 6.33 Å². The Labute approximate surface area is 168 Å². The number of amides is 1. The zero-order chi connectivity index (χ0) is 20.6. The number of aromatic nitrogens is 4. The predicted molar refractivity (Wildman–Crippen MR) is 107 cm³/mol. The Hall–Kier alpha value is -3.75. The van der Waals surface area contributed by atoms with Crippen LogP contribution in [0.1, 0.15) is 11.6 Å². The number of nitrogens with zero attached hydrogens (tertiary/aromatic N) is 5. The maximum atomic E-state index is 12.6. The molecule has 0 aliphatic heterocycles. The fourth-order valence-corrected chi connectivity index (χ4v) is 2.71. The molecule has 0 bridgehead atoms. The third-order valence-electron chi connectivity index (χ3n) is 4.24. The van der Waals surface area contributed by atoms with E-state index in [1.807, 2.05) is 61.5 Å². The van der Waals surface area contributed by atoms with E-state index in [0.29, 0.717) is 12.1 Å². The Morgan fingerprint density at radius 3 is 2.45 bits per heavy atom. The van der Waals surface area contributed by atoms with E-state index in [0.717, 1.165) is 11.3 Å². The van der Waals surface area contributed by atoms with Crippen LogP contribution in [0.15, 0.2) is 60.9 Å². The quantitative estimate of drug-likeness (QED) is 0.580. The molecule has 0 fully saturated rings. The van der Waals surface area contributed by atoms with E-state index in [1.165, 1.54) is 11.0 Å². The largest absolute Gasteiger partial charge is 0.454 e. The van der Waals surface area contributed by atoms with Crippen molar-refractivity contribution in [2.45, 2.75) is 12.5 Å². The number of hydrogen-bond acceptors (Lipinski definition) is 7. The molecule has 3 aromatic rings. The molecule has 9 heteroatoms. The molecule has 1 N–H and O–H groups in total. The number of rotatable bonds is 8. The predicted octanol–water partition coefficient (Wildman–Crippen LogP) is 1.70. The van der Waals surface area contributed by atoms with Crippen molar-refractivity contribution in [1.29, 1.82) is 0 Å². The summed E-state index contributed by atoms with van der Waals surface area (Å²) in [7, 11) is 3.87. The maximum absolute atomic E-state index is 12.6. The van der Waals surface area contributed by atoms with Gasteiger partial charge in [-0.2, -0.15) is 0 Å². The Kier molecular flexibility index (Phi) is 6.51. The zero-order valence-corrected chi connectivity index (χ0v) is 16.2. The van der Waals surface area contributed by atoms with Crippen molar-refractivity contribution in [2.24, 2.45) is 0 Å². The lowest BCUT2D eigenvalue weighted by molar-refractivity contribution is -0.151. The number of tetrazole rings is 1. The molecule has 3 rings (SSSR count). The molecule has 0 aliphatic carbocycles. The fourth-order valence-electron chi connectivity index (χ4n) is 2.71. The maximum Gasteiger partial charge on any atom is 0.331 e. The van der Waals surface area contributed by atoms with Gasteiger partial charge in [-0.1, -0.05) is 30.3 Å². The summed E-state index contributed by atoms with van der Waals surface area (Å²) in [4.78, 5) is 26.7. The number of nitrogens with one attached hydrogen (secondary N) is 1. The average molecular weight is 394 g/mol. The molecule has 29 heavy (non-hydrogen) atoms. The highest BCUT2D eigenvalue weighted by atomic mass is 16.5. The third kappa shape index (κ3) is 5.61. The van der Waals surface area contributed by atoms with Gasteiger partial charge in [0.2, 0.25) is 0 Å². The SMILES string of the molecule is CN(C)c1ccc(NC(=O)COC(=O)[C@H](Cc2ccccc2)n2cnnn2)cc1. The molecule has 2 aromatic carbocycles. The molecule has 0 saturated carbocycles. The molecule has 0 saturated heterocycles. The van der Waals surface area contributed by atoms with E-state index in [9.17, 15) is 9.59 Å². The highest BCUT2D eigenvalue weighted by Gasteiger charge is 2.24. The molecule has 1 aromatic heterocycles. The lowest BCUT2D eigenvalue weighted by atomic mass is 10.1. The average Bonchev–Trinajstić information content (AvgIpc) is 3.26. The van der Waals surface area contributed by atoms with Crippen LogP contribution in [0, 0.1) is 0 Å². The number of esters is 1. The van der Waals surface area contributed by atoms with Crippen LogP contribution in [0.4, 0.5) is 11.4 Å². The number of anilines is 2. The van der Waals surface area contributed by atoms with Gasteiger partial charge in [-0.3, -0.25) is 4.79 Å². The monoisotopic (exact) mass is 394 g/mol. The number of carbonyl (C=O) groups is 2. The van der Waals surface area contributed by atoms with Gasteiger partial charge in [0.25, 0.3) is 5.91 Å². The highest BCUT2D eigenvalue weighted by Crippen LogP contribution is 2.17. The first-order valence-corrected chi connectivity index (χ1v) is 9.03. The summed E-state index contributed by atoms with van der Waals surface area (Å²) in [6.45, 7) is -0.401. The van der Waals surface area contributed by atoms with Crippen LogP contribution in [-0.4, -0.2) is 52.8 Å². The lowest BCUT2D eigenvalue weighted by Crippen LogP contribution is -2.28. The molecular weight excluding hydrogens is 372 g/mol. The minimum absolute atomic E-state index is 0.346. The van der Waals surface area contributed by atoms with E-state index >= 15 is 0 Å². The van der Waals surface area contributed by atoms with Gasteiger partial charge in [0, 0.05) is 31.9 Å². The van der Waals surface area contributed by atoms with E-state index in [4.69, 9.17) is 4.74 Å². The summed E-state index contributed by atoms with van der Waals surface area (Å²) in [6, 6.07) is 16.0. The van der Waals surface area contributed by atoms with Gasteiger partial charge in [-0.15, -0.1) is 5.10 Å². The van der Waals surface area contributed by atoms with Gasteiger partial charge >= 0.3 is 5.97 Å². The Bertz CT molecular complexity index is 927. The molecule has 150 valence electrons. The van der Waals surface area contributed by atoms with Crippen LogP contribution < -0.4 is 10.2 Å². The topological polar surface area (TPSA) is 102 Å². The Morgan fingerprint density at radius 2 is 1.83 bits per heavy atom. The molecule has 9 nitrogen and oxygen atoms in total. The summed E-state index contributed by atoms with van der Waals surface area (Å²) in [5.41, 5.74) is 2.56. The molecule has 0 aliphatic rings. The first-order chi connectivity index (χ1) is 14.0. The molecular formula is C20H22N6O3.